The Morgan fingerprint density at radius 3 is 2.48 bits per heavy atom. The number of rotatable bonds is 4. The Morgan fingerprint density at radius 2 is 1.95 bits per heavy atom. The molecule has 0 saturated carbocycles. The Kier molecular flexibility index (Phi) is 4.31. The van der Waals surface area contributed by atoms with Crippen LogP contribution in [0, 0.1) is 13.8 Å². The topological polar surface area (TPSA) is 66.6 Å². The van der Waals surface area contributed by atoms with Gasteiger partial charge in [-0.3, -0.25) is 4.79 Å². The highest BCUT2D eigenvalue weighted by atomic mass is 16.4. The first-order valence-electron chi connectivity index (χ1n) is 6.87. The number of phenolic OH excluding ortho intramolecular Hbond substituents is 1. The normalized spacial score (nSPS) is 12.2. The molecule has 0 fully saturated rings. The number of phenols is 1. The molecular weight excluding hydrogens is 268 g/mol. The predicted molar refractivity (Wildman–Crippen MR) is 79.3 cm³/mol. The maximum atomic E-state index is 12.4. The summed E-state index contributed by atoms with van der Waals surface area (Å²) in [4.78, 5) is 18.2. The van der Waals surface area contributed by atoms with Gasteiger partial charge in [-0.2, -0.15) is 0 Å². The zero-order valence-electron chi connectivity index (χ0n) is 12.8. The second-order valence-corrected chi connectivity index (χ2v) is 5.28. The van der Waals surface area contributed by atoms with Crippen molar-refractivity contribution in [2.24, 2.45) is 0 Å². The van der Waals surface area contributed by atoms with Crippen molar-refractivity contribution in [2.75, 3.05) is 7.05 Å². The lowest BCUT2D eigenvalue weighted by molar-refractivity contribution is 0.0709. The summed E-state index contributed by atoms with van der Waals surface area (Å²) in [6.45, 7) is 5.47. The number of hydrogen-bond acceptors (Lipinski definition) is 4. The van der Waals surface area contributed by atoms with Crippen LogP contribution in [0.4, 0.5) is 0 Å². The zero-order chi connectivity index (χ0) is 15.6. The molecule has 1 unspecified atom stereocenters. The van der Waals surface area contributed by atoms with E-state index < -0.39 is 0 Å². The van der Waals surface area contributed by atoms with Crippen LogP contribution >= 0.6 is 0 Å². The number of hydrogen-bond donors (Lipinski definition) is 1. The zero-order valence-corrected chi connectivity index (χ0v) is 12.8. The van der Waals surface area contributed by atoms with Crippen LogP contribution in [0.3, 0.4) is 0 Å². The van der Waals surface area contributed by atoms with E-state index in [0.29, 0.717) is 23.8 Å². The molecule has 1 aromatic heterocycles. The molecule has 112 valence electrons. The highest BCUT2D eigenvalue weighted by molar-refractivity contribution is 5.92. The SMILES string of the molecule is Cc1nc(C)c(C(=O)N(C)C(C)Cc2ccc(O)cc2)o1. The van der Waals surface area contributed by atoms with E-state index in [9.17, 15) is 9.90 Å². The van der Waals surface area contributed by atoms with Gasteiger partial charge in [0.1, 0.15) is 5.75 Å². The van der Waals surface area contributed by atoms with Crippen LogP contribution in [0.2, 0.25) is 0 Å². The molecule has 0 aliphatic heterocycles. The van der Waals surface area contributed by atoms with E-state index in [4.69, 9.17) is 4.42 Å². The van der Waals surface area contributed by atoms with E-state index >= 15 is 0 Å². The average Bonchev–Trinajstić information content (AvgIpc) is 2.78. The maximum absolute atomic E-state index is 12.4. The molecule has 0 saturated heterocycles. The number of carbonyl (C=O) groups excluding carboxylic acids is 1. The Bertz CT molecular complexity index is 631. The average molecular weight is 288 g/mol. The van der Waals surface area contributed by atoms with Gasteiger partial charge in [-0.15, -0.1) is 0 Å². The second-order valence-electron chi connectivity index (χ2n) is 5.28. The Labute approximate surface area is 124 Å². The van der Waals surface area contributed by atoms with E-state index in [0.717, 1.165) is 5.56 Å². The molecule has 5 heteroatoms. The number of nitrogens with zero attached hydrogens (tertiary/aromatic N) is 2. The molecule has 0 aliphatic rings. The number of aromatic hydroxyl groups is 1. The molecule has 2 aromatic rings. The first kappa shape index (κ1) is 15.1. The van der Waals surface area contributed by atoms with Gasteiger partial charge in [0, 0.05) is 20.0 Å². The molecule has 1 N–H and O–H groups in total. The van der Waals surface area contributed by atoms with Crippen molar-refractivity contribution in [3.63, 3.8) is 0 Å². The summed E-state index contributed by atoms with van der Waals surface area (Å²) in [5.74, 6) is 0.867. The number of carbonyl (C=O) groups is 1. The van der Waals surface area contributed by atoms with E-state index in [-0.39, 0.29) is 17.7 Å². The number of benzene rings is 1. The van der Waals surface area contributed by atoms with Gasteiger partial charge < -0.3 is 14.4 Å². The van der Waals surface area contributed by atoms with Crippen LogP contribution in [0.5, 0.6) is 5.75 Å². The molecule has 0 aliphatic carbocycles. The fraction of sp³-hybridized carbons (Fsp3) is 0.375. The molecule has 1 heterocycles. The Balaban J connectivity index is 2.08. The van der Waals surface area contributed by atoms with Crippen LogP contribution in [0.15, 0.2) is 28.7 Å². The van der Waals surface area contributed by atoms with Crippen LogP contribution in [0.25, 0.3) is 0 Å². The van der Waals surface area contributed by atoms with Crippen LogP contribution in [-0.4, -0.2) is 34.0 Å². The quantitative estimate of drug-likeness (QED) is 0.939. The summed E-state index contributed by atoms with van der Waals surface area (Å²) in [5, 5.41) is 9.29. The predicted octanol–water partition coefficient (Wildman–Crippen LogP) is 2.70. The maximum Gasteiger partial charge on any atom is 0.291 e. The summed E-state index contributed by atoms with van der Waals surface area (Å²) in [6.07, 6.45) is 0.703. The lowest BCUT2D eigenvalue weighted by atomic mass is 10.1. The van der Waals surface area contributed by atoms with Gasteiger partial charge in [0.05, 0.1) is 5.69 Å². The third-order valence-corrected chi connectivity index (χ3v) is 3.55. The molecule has 0 spiro atoms. The van der Waals surface area contributed by atoms with Gasteiger partial charge in [-0.25, -0.2) is 4.98 Å². The van der Waals surface area contributed by atoms with Crippen molar-refractivity contribution < 1.29 is 14.3 Å². The second kappa shape index (κ2) is 5.99. The molecule has 1 atom stereocenters. The van der Waals surface area contributed by atoms with E-state index in [1.54, 1.807) is 37.9 Å². The third kappa shape index (κ3) is 3.42. The lowest BCUT2D eigenvalue weighted by Crippen LogP contribution is -2.36. The van der Waals surface area contributed by atoms with Gasteiger partial charge >= 0.3 is 0 Å². The Morgan fingerprint density at radius 1 is 1.33 bits per heavy atom. The van der Waals surface area contributed by atoms with Gasteiger partial charge in [-0.05, 0) is 38.0 Å². The summed E-state index contributed by atoms with van der Waals surface area (Å²) in [5.41, 5.74) is 1.67. The van der Waals surface area contributed by atoms with Gasteiger partial charge in [0.2, 0.25) is 5.76 Å². The van der Waals surface area contributed by atoms with Crippen molar-refractivity contribution in [1.82, 2.24) is 9.88 Å². The fourth-order valence-electron chi connectivity index (χ4n) is 2.20. The largest absolute Gasteiger partial charge is 0.508 e. The van der Waals surface area contributed by atoms with Crippen molar-refractivity contribution in [1.29, 1.82) is 0 Å². The first-order valence-corrected chi connectivity index (χ1v) is 6.87. The summed E-state index contributed by atoms with van der Waals surface area (Å²) < 4.78 is 5.38. The number of aromatic nitrogens is 1. The number of oxazole rings is 1. The minimum Gasteiger partial charge on any atom is -0.508 e. The molecule has 2 rings (SSSR count). The van der Waals surface area contributed by atoms with Crippen LogP contribution in [0.1, 0.15) is 34.6 Å². The fourth-order valence-corrected chi connectivity index (χ4v) is 2.20. The van der Waals surface area contributed by atoms with Gasteiger partial charge in [-0.1, -0.05) is 12.1 Å². The summed E-state index contributed by atoms with van der Waals surface area (Å²) in [6, 6.07) is 7.01. The standard InChI is InChI=1S/C16H20N2O3/c1-10(9-13-5-7-14(19)8-6-13)18(4)16(20)15-11(2)17-12(3)21-15/h5-8,10,19H,9H2,1-4H3. The van der Waals surface area contributed by atoms with Crippen LogP contribution in [-0.2, 0) is 6.42 Å². The molecule has 1 aromatic carbocycles. The highest BCUT2D eigenvalue weighted by Crippen LogP contribution is 2.16. The van der Waals surface area contributed by atoms with Gasteiger partial charge in [0.25, 0.3) is 5.91 Å². The number of aryl methyl sites for hydroxylation is 2. The van der Waals surface area contributed by atoms with E-state index in [1.807, 2.05) is 19.1 Å². The van der Waals surface area contributed by atoms with Crippen LogP contribution < -0.4 is 0 Å². The summed E-state index contributed by atoms with van der Waals surface area (Å²) >= 11 is 0. The minimum atomic E-state index is -0.167. The molecular formula is C16H20N2O3. The number of amides is 1. The van der Waals surface area contributed by atoms with Crippen molar-refractivity contribution in [2.45, 2.75) is 33.2 Å². The van der Waals surface area contributed by atoms with Gasteiger partial charge in [0.15, 0.2) is 5.89 Å². The molecule has 0 radical (unpaired) electrons. The highest BCUT2D eigenvalue weighted by Gasteiger charge is 2.23. The van der Waals surface area contributed by atoms with E-state index in [2.05, 4.69) is 4.98 Å². The summed E-state index contributed by atoms with van der Waals surface area (Å²) in [7, 11) is 1.75. The number of likely N-dealkylation sites (N-methyl/N-ethyl adjacent to an activating group) is 1. The lowest BCUT2D eigenvalue weighted by Gasteiger charge is -2.24. The molecule has 0 bridgehead atoms. The Hall–Kier alpha value is -2.30. The van der Waals surface area contributed by atoms with E-state index in [1.165, 1.54) is 0 Å². The van der Waals surface area contributed by atoms with Crippen molar-refractivity contribution in [3.8, 4) is 5.75 Å². The van der Waals surface area contributed by atoms with Crippen molar-refractivity contribution in [3.05, 3.63) is 47.2 Å². The third-order valence-electron chi connectivity index (χ3n) is 3.55. The smallest absolute Gasteiger partial charge is 0.291 e. The monoisotopic (exact) mass is 288 g/mol. The molecule has 21 heavy (non-hydrogen) atoms. The molecule has 1 amide bonds. The van der Waals surface area contributed by atoms with Crippen molar-refractivity contribution >= 4 is 5.91 Å². The first-order chi connectivity index (χ1) is 9.88. The minimum absolute atomic E-state index is 0.00634. The molecule has 5 nitrogen and oxygen atoms in total.